The number of hydrogen-bond acceptors (Lipinski definition) is 6. The molecule has 0 saturated heterocycles. The van der Waals surface area contributed by atoms with Crippen molar-refractivity contribution in [2.45, 2.75) is 33.7 Å². The maximum Gasteiger partial charge on any atom is 0.262 e. The number of aromatic nitrogens is 3. The van der Waals surface area contributed by atoms with E-state index in [2.05, 4.69) is 26.8 Å². The summed E-state index contributed by atoms with van der Waals surface area (Å²) in [6.07, 6.45) is 0.877. The van der Waals surface area contributed by atoms with E-state index < -0.39 is 0 Å². The summed E-state index contributed by atoms with van der Waals surface area (Å²) in [6.45, 7) is 6.87. The lowest BCUT2D eigenvalue weighted by atomic mass is 10.0. The van der Waals surface area contributed by atoms with Crippen molar-refractivity contribution < 1.29 is 14.3 Å². The Kier molecular flexibility index (Phi) is 6.02. The van der Waals surface area contributed by atoms with Crippen molar-refractivity contribution in [2.75, 3.05) is 18.5 Å². The molecule has 0 saturated carbocycles. The summed E-state index contributed by atoms with van der Waals surface area (Å²) in [5.41, 5.74) is 5.75. The summed E-state index contributed by atoms with van der Waals surface area (Å²) in [5, 5.41) is 10.2. The molecule has 0 bridgehead atoms. The van der Waals surface area contributed by atoms with Crippen LogP contribution in [0.1, 0.15) is 37.6 Å². The molecule has 8 nitrogen and oxygen atoms in total. The van der Waals surface area contributed by atoms with Gasteiger partial charge in [0.25, 0.3) is 11.8 Å². The molecule has 0 fully saturated rings. The minimum absolute atomic E-state index is 0.0232. The molecule has 4 aromatic rings. The molecule has 0 unspecified atom stereocenters. The first-order valence-electron chi connectivity index (χ1n) is 11.5. The Hall–Kier alpha value is -3.72. The van der Waals surface area contributed by atoms with Gasteiger partial charge in [-0.15, -0.1) is 16.4 Å². The van der Waals surface area contributed by atoms with E-state index >= 15 is 0 Å². The van der Waals surface area contributed by atoms with E-state index in [4.69, 9.17) is 4.74 Å². The van der Waals surface area contributed by atoms with Gasteiger partial charge in [-0.3, -0.25) is 9.59 Å². The maximum atomic E-state index is 13.3. The average molecular weight is 490 g/mol. The number of pyridine rings is 1. The van der Waals surface area contributed by atoms with Gasteiger partial charge in [0.2, 0.25) is 5.88 Å². The van der Waals surface area contributed by atoms with Gasteiger partial charge in [-0.2, -0.15) is 0 Å². The van der Waals surface area contributed by atoms with E-state index in [1.165, 1.54) is 10.4 Å². The van der Waals surface area contributed by atoms with Gasteiger partial charge in [-0.1, -0.05) is 6.07 Å². The van der Waals surface area contributed by atoms with E-state index in [0.717, 1.165) is 28.6 Å². The second kappa shape index (κ2) is 9.14. The Morgan fingerprint density at radius 2 is 2.03 bits per heavy atom. The van der Waals surface area contributed by atoms with Gasteiger partial charge in [0.15, 0.2) is 12.3 Å². The fourth-order valence-corrected chi connectivity index (χ4v) is 5.45. The highest BCUT2D eigenvalue weighted by Gasteiger charge is 2.24. The summed E-state index contributed by atoms with van der Waals surface area (Å²) in [6, 6.07) is 9.45. The third kappa shape index (κ3) is 4.39. The quantitative estimate of drug-likeness (QED) is 0.455. The second-order valence-electron chi connectivity index (χ2n) is 8.87. The number of carbonyl (C=O) groups excluding carboxylic acids is 2. The lowest BCUT2D eigenvalue weighted by Gasteiger charge is -2.28. The SMILES string of the molecule is Cc1cc(C)c2c(OCC(=O)Nc3cccc(C(=O)N4CCc5sccc5C4)c3C)nn(C)c2n1. The number of benzene rings is 1. The van der Waals surface area contributed by atoms with Crippen LogP contribution in [0.15, 0.2) is 35.7 Å². The molecule has 4 heterocycles. The van der Waals surface area contributed by atoms with Gasteiger partial charge in [0.1, 0.15) is 0 Å². The van der Waals surface area contributed by atoms with Crippen LogP contribution in [-0.4, -0.2) is 44.6 Å². The van der Waals surface area contributed by atoms with E-state index in [-0.39, 0.29) is 18.4 Å². The number of anilines is 1. The zero-order chi connectivity index (χ0) is 24.7. The number of ether oxygens (including phenoxy) is 1. The highest BCUT2D eigenvalue weighted by Crippen LogP contribution is 2.28. The maximum absolute atomic E-state index is 13.3. The van der Waals surface area contributed by atoms with Crippen LogP contribution in [0.5, 0.6) is 5.88 Å². The zero-order valence-electron chi connectivity index (χ0n) is 20.2. The van der Waals surface area contributed by atoms with Gasteiger partial charge >= 0.3 is 0 Å². The molecular weight excluding hydrogens is 462 g/mol. The number of carbonyl (C=O) groups is 2. The molecule has 1 N–H and O–H groups in total. The average Bonchev–Trinajstić information content (AvgIpc) is 3.42. The Morgan fingerprint density at radius 3 is 2.86 bits per heavy atom. The minimum Gasteiger partial charge on any atom is -0.466 e. The van der Waals surface area contributed by atoms with E-state index in [1.54, 1.807) is 35.2 Å². The Balaban J connectivity index is 1.28. The molecule has 9 heteroatoms. The van der Waals surface area contributed by atoms with Gasteiger partial charge in [-0.25, -0.2) is 9.67 Å². The first-order valence-corrected chi connectivity index (χ1v) is 12.4. The standard InChI is InChI=1S/C26H27N5O3S/c1-15-12-16(2)27-24-23(15)25(29-30(24)4)34-14-22(32)28-20-7-5-6-19(17(20)3)26(33)31-10-8-21-18(13-31)9-11-35-21/h5-7,9,11-12H,8,10,13-14H2,1-4H3,(H,28,32). The fourth-order valence-electron chi connectivity index (χ4n) is 4.57. The second-order valence-corrected chi connectivity index (χ2v) is 9.87. The molecule has 0 spiro atoms. The van der Waals surface area contributed by atoms with Crippen molar-refractivity contribution in [3.63, 3.8) is 0 Å². The number of rotatable bonds is 5. The first-order chi connectivity index (χ1) is 16.8. The molecule has 0 radical (unpaired) electrons. The van der Waals surface area contributed by atoms with Crippen LogP contribution in [0.25, 0.3) is 11.0 Å². The smallest absolute Gasteiger partial charge is 0.262 e. The van der Waals surface area contributed by atoms with Crippen LogP contribution in [0.3, 0.4) is 0 Å². The number of amides is 2. The van der Waals surface area contributed by atoms with Crippen molar-refractivity contribution >= 4 is 39.9 Å². The molecule has 35 heavy (non-hydrogen) atoms. The van der Waals surface area contributed by atoms with Crippen molar-refractivity contribution in [1.82, 2.24) is 19.7 Å². The lowest BCUT2D eigenvalue weighted by Crippen LogP contribution is -2.35. The van der Waals surface area contributed by atoms with Crippen molar-refractivity contribution in [3.8, 4) is 5.88 Å². The van der Waals surface area contributed by atoms with Gasteiger partial charge in [0, 0.05) is 42.0 Å². The lowest BCUT2D eigenvalue weighted by molar-refractivity contribution is -0.118. The minimum atomic E-state index is -0.324. The van der Waals surface area contributed by atoms with Crippen molar-refractivity contribution in [3.05, 3.63) is 68.5 Å². The Bertz CT molecular complexity index is 1450. The van der Waals surface area contributed by atoms with Crippen LogP contribution < -0.4 is 10.1 Å². The molecule has 1 aliphatic heterocycles. The largest absolute Gasteiger partial charge is 0.466 e. The van der Waals surface area contributed by atoms with E-state index in [1.807, 2.05) is 37.8 Å². The first kappa shape index (κ1) is 23.0. The van der Waals surface area contributed by atoms with Crippen molar-refractivity contribution in [1.29, 1.82) is 0 Å². The van der Waals surface area contributed by atoms with Gasteiger partial charge in [0.05, 0.1) is 5.39 Å². The molecule has 1 aromatic carbocycles. The summed E-state index contributed by atoms with van der Waals surface area (Å²) in [7, 11) is 1.80. The van der Waals surface area contributed by atoms with Gasteiger partial charge < -0.3 is 15.0 Å². The summed E-state index contributed by atoms with van der Waals surface area (Å²) in [5.74, 6) is 0.0289. The number of nitrogens with one attached hydrogen (secondary N) is 1. The number of fused-ring (bicyclic) bond motifs is 2. The highest BCUT2D eigenvalue weighted by molar-refractivity contribution is 7.10. The predicted octanol–water partition coefficient (Wildman–Crippen LogP) is 4.17. The van der Waals surface area contributed by atoms with Gasteiger partial charge in [-0.05, 0) is 73.5 Å². The molecular formula is C26H27N5O3S. The van der Waals surface area contributed by atoms with E-state index in [9.17, 15) is 9.59 Å². The number of hydrogen-bond donors (Lipinski definition) is 1. The van der Waals surface area contributed by atoms with Crippen LogP contribution in [0, 0.1) is 20.8 Å². The third-order valence-electron chi connectivity index (χ3n) is 6.36. The molecule has 5 rings (SSSR count). The third-order valence-corrected chi connectivity index (χ3v) is 7.38. The molecule has 3 aromatic heterocycles. The summed E-state index contributed by atoms with van der Waals surface area (Å²) < 4.78 is 7.43. The molecule has 180 valence electrons. The number of nitrogens with zero attached hydrogens (tertiary/aromatic N) is 4. The number of thiophene rings is 1. The highest BCUT2D eigenvalue weighted by atomic mass is 32.1. The number of aryl methyl sites for hydroxylation is 3. The zero-order valence-corrected chi connectivity index (χ0v) is 21.0. The predicted molar refractivity (Wildman–Crippen MR) is 136 cm³/mol. The van der Waals surface area contributed by atoms with E-state index in [0.29, 0.717) is 35.9 Å². The molecule has 0 atom stereocenters. The fraction of sp³-hybridized carbons (Fsp3) is 0.308. The van der Waals surface area contributed by atoms with Crippen LogP contribution in [0.4, 0.5) is 5.69 Å². The topological polar surface area (TPSA) is 89.4 Å². The summed E-state index contributed by atoms with van der Waals surface area (Å²) in [4.78, 5) is 33.7. The normalized spacial score (nSPS) is 13.1. The molecule has 0 aliphatic carbocycles. The van der Waals surface area contributed by atoms with Crippen molar-refractivity contribution in [2.24, 2.45) is 7.05 Å². The van der Waals surface area contributed by atoms with Crippen LogP contribution in [-0.2, 0) is 24.8 Å². The van der Waals surface area contributed by atoms with Crippen LogP contribution in [0.2, 0.25) is 0 Å². The Morgan fingerprint density at radius 1 is 1.20 bits per heavy atom. The Labute approximate surface area is 207 Å². The molecule has 2 amide bonds. The monoisotopic (exact) mass is 489 g/mol. The molecule has 1 aliphatic rings. The summed E-state index contributed by atoms with van der Waals surface area (Å²) >= 11 is 1.75. The van der Waals surface area contributed by atoms with Crippen LogP contribution >= 0.6 is 11.3 Å².